The van der Waals surface area contributed by atoms with Crippen LogP contribution in [0.15, 0.2) is 23.1 Å². The van der Waals surface area contributed by atoms with Gasteiger partial charge in [0.2, 0.25) is 0 Å². The fourth-order valence-electron chi connectivity index (χ4n) is 1.07. The number of rotatable bonds is 4. The third-order valence-corrected chi connectivity index (χ3v) is 3.30. The largest absolute Gasteiger partial charge is 0.478 e. The number of halogens is 1. The quantitative estimate of drug-likeness (QED) is 0.803. The van der Waals surface area contributed by atoms with Gasteiger partial charge in [0.15, 0.2) is 0 Å². The molecule has 0 spiro atoms. The molecule has 0 atom stereocenters. The first kappa shape index (κ1) is 12.0. The maximum absolute atomic E-state index is 13.4. The summed E-state index contributed by atoms with van der Waals surface area (Å²) in [5.41, 5.74) is 0.0423. The van der Waals surface area contributed by atoms with Crippen LogP contribution in [0, 0.1) is 11.7 Å². The Hall–Kier alpha value is -1.03. The third-order valence-electron chi connectivity index (χ3n) is 1.76. The van der Waals surface area contributed by atoms with Gasteiger partial charge in [0.25, 0.3) is 0 Å². The van der Waals surface area contributed by atoms with Gasteiger partial charge in [-0.25, -0.2) is 9.18 Å². The predicted octanol–water partition coefficient (Wildman–Crippen LogP) is 3.27. The zero-order chi connectivity index (χ0) is 11.4. The van der Waals surface area contributed by atoms with Crippen LogP contribution in [-0.2, 0) is 0 Å². The summed E-state index contributed by atoms with van der Waals surface area (Å²) >= 11 is 1.25. The topological polar surface area (TPSA) is 37.3 Å². The van der Waals surface area contributed by atoms with Gasteiger partial charge in [-0.15, -0.1) is 11.8 Å². The van der Waals surface area contributed by atoms with Crippen LogP contribution in [0.1, 0.15) is 24.2 Å². The smallest absolute Gasteiger partial charge is 0.336 e. The lowest BCUT2D eigenvalue weighted by Crippen LogP contribution is -2.02. The van der Waals surface area contributed by atoms with Crippen molar-refractivity contribution >= 4 is 17.7 Å². The van der Waals surface area contributed by atoms with Crippen molar-refractivity contribution in [2.75, 3.05) is 5.75 Å². The molecule has 15 heavy (non-hydrogen) atoms. The molecule has 4 heteroatoms. The molecule has 2 nitrogen and oxygen atoms in total. The highest BCUT2D eigenvalue weighted by molar-refractivity contribution is 7.99. The number of carboxylic acid groups (broad SMARTS) is 1. The maximum Gasteiger partial charge on any atom is 0.336 e. The van der Waals surface area contributed by atoms with Gasteiger partial charge in [0, 0.05) is 5.75 Å². The van der Waals surface area contributed by atoms with Crippen molar-refractivity contribution in [2.45, 2.75) is 18.7 Å². The lowest BCUT2D eigenvalue weighted by molar-refractivity contribution is 0.0692. The third kappa shape index (κ3) is 3.23. The summed E-state index contributed by atoms with van der Waals surface area (Å²) in [7, 11) is 0. The lowest BCUT2D eigenvalue weighted by atomic mass is 10.2. The number of benzene rings is 1. The Bertz CT molecular complexity index is 364. The molecule has 1 rings (SSSR count). The average molecular weight is 228 g/mol. The SMILES string of the molecule is CC(C)CSc1c(F)cccc1C(=O)O. The van der Waals surface area contributed by atoms with E-state index in [-0.39, 0.29) is 10.5 Å². The molecule has 82 valence electrons. The first-order chi connectivity index (χ1) is 7.02. The molecule has 0 aromatic heterocycles. The standard InChI is InChI=1S/C11H13FO2S/c1-7(2)6-15-10-8(11(13)14)4-3-5-9(10)12/h3-5,7H,6H2,1-2H3,(H,13,14). The molecule has 0 saturated heterocycles. The number of hydrogen-bond donors (Lipinski definition) is 1. The van der Waals surface area contributed by atoms with Gasteiger partial charge < -0.3 is 5.11 Å². The summed E-state index contributed by atoms with van der Waals surface area (Å²) in [5.74, 6) is -0.432. The molecule has 0 unspecified atom stereocenters. The van der Waals surface area contributed by atoms with E-state index in [0.29, 0.717) is 11.7 Å². The van der Waals surface area contributed by atoms with E-state index < -0.39 is 11.8 Å². The molecule has 0 fully saturated rings. The second-order valence-corrected chi connectivity index (χ2v) is 4.66. The van der Waals surface area contributed by atoms with Gasteiger partial charge in [-0.2, -0.15) is 0 Å². The number of carboxylic acids is 1. The summed E-state index contributed by atoms with van der Waals surface area (Å²) < 4.78 is 13.4. The van der Waals surface area contributed by atoms with Crippen LogP contribution >= 0.6 is 11.8 Å². The summed E-state index contributed by atoms with van der Waals surface area (Å²) in [6, 6.07) is 4.13. The molecular weight excluding hydrogens is 215 g/mol. The maximum atomic E-state index is 13.4. The van der Waals surface area contributed by atoms with E-state index in [1.165, 1.54) is 30.0 Å². The van der Waals surface area contributed by atoms with Crippen molar-refractivity contribution in [1.82, 2.24) is 0 Å². The molecule has 1 aromatic carbocycles. The normalized spacial score (nSPS) is 10.7. The van der Waals surface area contributed by atoms with E-state index in [2.05, 4.69) is 0 Å². The summed E-state index contributed by atoms with van der Waals surface area (Å²) in [4.78, 5) is 11.1. The molecule has 0 heterocycles. The molecule has 0 aliphatic heterocycles. The zero-order valence-electron chi connectivity index (χ0n) is 8.66. The van der Waals surface area contributed by atoms with Crippen molar-refractivity contribution in [1.29, 1.82) is 0 Å². The number of thioether (sulfide) groups is 1. The number of carbonyl (C=O) groups is 1. The summed E-state index contributed by atoms with van der Waals surface area (Å²) in [5, 5.41) is 8.88. The molecule has 0 aliphatic rings. The van der Waals surface area contributed by atoms with Crippen LogP contribution < -0.4 is 0 Å². The summed E-state index contributed by atoms with van der Waals surface area (Å²) in [6.45, 7) is 4.02. The van der Waals surface area contributed by atoms with Gasteiger partial charge >= 0.3 is 5.97 Å². The fraction of sp³-hybridized carbons (Fsp3) is 0.364. The van der Waals surface area contributed by atoms with E-state index >= 15 is 0 Å². The van der Waals surface area contributed by atoms with Gasteiger partial charge in [0.05, 0.1) is 10.5 Å². The van der Waals surface area contributed by atoms with E-state index in [1.54, 1.807) is 0 Å². The van der Waals surface area contributed by atoms with E-state index in [9.17, 15) is 9.18 Å². The molecule has 0 amide bonds. The van der Waals surface area contributed by atoms with Gasteiger partial charge in [-0.3, -0.25) is 0 Å². The zero-order valence-corrected chi connectivity index (χ0v) is 9.47. The molecular formula is C11H13FO2S. The highest BCUT2D eigenvalue weighted by Gasteiger charge is 2.14. The lowest BCUT2D eigenvalue weighted by Gasteiger charge is -2.08. The van der Waals surface area contributed by atoms with Crippen molar-refractivity contribution in [2.24, 2.45) is 5.92 Å². The van der Waals surface area contributed by atoms with E-state index in [1.807, 2.05) is 13.8 Å². The van der Waals surface area contributed by atoms with Crippen molar-refractivity contribution in [3.05, 3.63) is 29.6 Å². The highest BCUT2D eigenvalue weighted by atomic mass is 32.2. The Labute approximate surface area is 92.5 Å². The van der Waals surface area contributed by atoms with Gasteiger partial charge in [0.1, 0.15) is 5.82 Å². The van der Waals surface area contributed by atoms with Gasteiger partial charge in [-0.1, -0.05) is 19.9 Å². The first-order valence-electron chi connectivity index (χ1n) is 4.67. The van der Waals surface area contributed by atoms with Crippen LogP contribution in [0.25, 0.3) is 0 Å². The second-order valence-electron chi connectivity index (χ2n) is 3.63. The Morgan fingerprint density at radius 1 is 1.53 bits per heavy atom. The van der Waals surface area contributed by atoms with E-state index in [4.69, 9.17) is 5.11 Å². The highest BCUT2D eigenvalue weighted by Crippen LogP contribution is 2.27. The van der Waals surface area contributed by atoms with Crippen LogP contribution in [0.4, 0.5) is 4.39 Å². The molecule has 0 bridgehead atoms. The Morgan fingerprint density at radius 3 is 2.73 bits per heavy atom. The molecule has 0 radical (unpaired) electrons. The van der Waals surface area contributed by atoms with Crippen LogP contribution in [-0.4, -0.2) is 16.8 Å². The minimum Gasteiger partial charge on any atom is -0.478 e. The van der Waals surface area contributed by atoms with Gasteiger partial charge in [-0.05, 0) is 18.1 Å². The monoisotopic (exact) mass is 228 g/mol. The minimum absolute atomic E-state index is 0.0423. The fourth-order valence-corrected chi connectivity index (χ4v) is 2.09. The molecule has 1 N–H and O–H groups in total. The Kier molecular flexibility index (Phi) is 4.15. The van der Waals surface area contributed by atoms with Crippen LogP contribution in [0.2, 0.25) is 0 Å². The Balaban J connectivity index is 2.97. The molecule has 0 aliphatic carbocycles. The molecule has 1 aromatic rings. The molecule has 0 saturated carbocycles. The van der Waals surface area contributed by atoms with Crippen LogP contribution in [0.5, 0.6) is 0 Å². The van der Waals surface area contributed by atoms with Crippen molar-refractivity contribution < 1.29 is 14.3 Å². The Morgan fingerprint density at radius 2 is 2.20 bits per heavy atom. The average Bonchev–Trinajstić information content (AvgIpc) is 2.15. The summed E-state index contributed by atoms with van der Waals surface area (Å²) in [6.07, 6.45) is 0. The first-order valence-corrected chi connectivity index (χ1v) is 5.65. The predicted molar refractivity (Wildman–Crippen MR) is 58.9 cm³/mol. The van der Waals surface area contributed by atoms with Crippen LogP contribution in [0.3, 0.4) is 0 Å². The van der Waals surface area contributed by atoms with Crippen molar-refractivity contribution in [3.63, 3.8) is 0 Å². The number of aromatic carboxylic acids is 1. The van der Waals surface area contributed by atoms with E-state index in [0.717, 1.165) is 0 Å². The second kappa shape index (κ2) is 5.16. The van der Waals surface area contributed by atoms with Crippen molar-refractivity contribution in [3.8, 4) is 0 Å². The minimum atomic E-state index is -1.08. The number of hydrogen-bond acceptors (Lipinski definition) is 2.